The lowest BCUT2D eigenvalue weighted by atomic mass is 9.91. The Kier molecular flexibility index (Phi) is 7.54. The van der Waals surface area contributed by atoms with Crippen LogP contribution >= 0.6 is 0 Å². The number of esters is 1. The Labute approximate surface area is 196 Å². The SMILES string of the molecule is CCN(CC)C(=O)Oc1cc(C)c(C)c(-c2cccc(C)c2C)c1OC(=O)c1ccccc1. The lowest BCUT2D eigenvalue weighted by Gasteiger charge is -2.23. The lowest BCUT2D eigenvalue weighted by Crippen LogP contribution is -2.33. The third-order valence-electron chi connectivity index (χ3n) is 6.06. The molecule has 0 spiro atoms. The Balaban J connectivity index is 2.22. The molecule has 0 N–H and O–H groups in total. The molecule has 3 aromatic rings. The summed E-state index contributed by atoms with van der Waals surface area (Å²) < 4.78 is 11.8. The van der Waals surface area contributed by atoms with E-state index in [2.05, 4.69) is 0 Å². The Morgan fingerprint density at radius 2 is 1.45 bits per heavy atom. The van der Waals surface area contributed by atoms with Crippen molar-refractivity contribution in [3.8, 4) is 22.6 Å². The summed E-state index contributed by atoms with van der Waals surface area (Å²) in [5.74, 6) is -0.0260. The van der Waals surface area contributed by atoms with Gasteiger partial charge in [0.2, 0.25) is 0 Å². The van der Waals surface area contributed by atoms with E-state index in [0.717, 1.165) is 33.4 Å². The van der Waals surface area contributed by atoms with Crippen LogP contribution in [0.5, 0.6) is 11.5 Å². The molecule has 0 aliphatic rings. The van der Waals surface area contributed by atoms with Gasteiger partial charge in [-0.1, -0.05) is 36.4 Å². The molecule has 5 nitrogen and oxygen atoms in total. The summed E-state index contributed by atoms with van der Waals surface area (Å²) in [5, 5.41) is 0. The van der Waals surface area contributed by atoms with Crippen LogP contribution in [0.4, 0.5) is 4.79 Å². The smallest absolute Gasteiger partial charge is 0.415 e. The number of amides is 1. The van der Waals surface area contributed by atoms with Crippen LogP contribution < -0.4 is 9.47 Å². The maximum absolute atomic E-state index is 13.1. The summed E-state index contributed by atoms with van der Waals surface area (Å²) in [6.07, 6.45) is -0.479. The van der Waals surface area contributed by atoms with Gasteiger partial charge in [0.25, 0.3) is 0 Å². The number of benzene rings is 3. The first-order valence-electron chi connectivity index (χ1n) is 11.2. The molecule has 0 aliphatic carbocycles. The number of aryl methyl sites for hydroxylation is 2. The molecule has 0 unspecified atom stereocenters. The highest BCUT2D eigenvalue weighted by molar-refractivity contribution is 5.94. The van der Waals surface area contributed by atoms with Crippen molar-refractivity contribution in [3.63, 3.8) is 0 Å². The lowest BCUT2D eigenvalue weighted by molar-refractivity contribution is 0.0728. The zero-order valence-corrected chi connectivity index (χ0v) is 20.2. The Hall–Kier alpha value is -3.60. The van der Waals surface area contributed by atoms with Crippen molar-refractivity contribution in [2.75, 3.05) is 13.1 Å². The summed E-state index contributed by atoms with van der Waals surface area (Å²) in [4.78, 5) is 27.4. The summed E-state index contributed by atoms with van der Waals surface area (Å²) >= 11 is 0. The molecule has 1 amide bonds. The van der Waals surface area contributed by atoms with E-state index >= 15 is 0 Å². The van der Waals surface area contributed by atoms with Crippen LogP contribution in [0.2, 0.25) is 0 Å². The fourth-order valence-electron chi connectivity index (χ4n) is 3.75. The maximum Gasteiger partial charge on any atom is 0.415 e. The second-order valence-electron chi connectivity index (χ2n) is 8.06. The normalized spacial score (nSPS) is 10.6. The van der Waals surface area contributed by atoms with E-state index in [-0.39, 0.29) is 11.5 Å². The largest absolute Gasteiger partial charge is 0.418 e. The maximum atomic E-state index is 13.1. The quantitative estimate of drug-likeness (QED) is 0.315. The molecule has 5 heteroatoms. The molecular weight excluding hydrogens is 414 g/mol. The van der Waals surface area contributed by atoms with Gasteiger partial charge < -0.3 is 14.4 Å². The number of ether oxygens (including phenoxy) is 2. The number of rotatable bonds is 6. The van der Waals surface area contributed by atoms with Crippen LogP contribution in [-0.4, -0.2) is 30.1 Å². The average Bonchev–Trinajstić information content (AvgIpc) is 2.81. The van der Waals surface area contributed by atoms with Crippen molar-refractivity contribution in [3.05, 3.63) is 82.4 Å². The summed E-state index contributed by atoms with van der Waals surface area (Å²) in [5.41, 5.74) is 6.20. The van der Waals surface area contributed by atoms with Crippen molar-refractivity contribution >= 4 is 12.1 Å². The highest BCUT2D eigenvalue weighted by Gasteiger charge is 2.25. The van der Waals surface area contributed by atoms with Gasteiger partial charge in [-0.2, -0.15) is 0 Å². The van der Waals surface area contributed by atoms with Crippen molar-refractivity contribution in [2.45, 2.75) is 41.5 Å². The van der Waals surface area contributed by atoms with Crippen LogP contribution in [0.25, 0.3) is 11.1 Å². The van der Waals surface area contributed by atoms with Crippen molar-refractivity contribution in [2.24, 2.45) is 0 Å². The third kappa shape index (κ3) is 5.08. The molecule has 0 atom stereocenters. The van der Waals surface area contributed by atoms with E-state index in [1.165, 1.54) is 0 Å². The van der Waals surface area contributed by atoms with E-state index in [1.807, 2.05) is 65.8 Å². The zero-order chi connectivity index (χ0) is 24.1. The Morgan fingerprint density at radius 3 is 2.09 bits per heavy atom. The first-order valence-corrected chi connectivity index (χ1v) is 11.2. The van der Waals surface area contributed by atoms with Crippen LogP contribution in [0, 0.1) is 27.7 Å². The minimum atomic E-state index is -0.509. The first kappa shape index (κ1) is 24.1. The average molecular weight is 446 g/mol. The molecule has 0 radical (unpaired) electrons. The number of carbonyl (C=O) groups excluding carboxylic acids is 2. The molecule has 0 saturated carbocycles. The molecule has 3 aromatic carbocycles. The number of hydrogen-bond donors (Lipinski definition) is 0. The van der Waals surface area contributed by atoms with Gasteiger partial charge in [0.15, 0.2) is 11.5 Å². The molecule has 0 heterocycles. The fraction of sp³-hybridized carbons (Fsp3) is 0.286. The van der Waals surface area contributed by atoms with Gasteiger partial charge in [-0.25, -0.2) is 9.59 Å². The minimum absolute atomic E-state index is 0.232. The molecule has 0 aliphatic heterocycles. The predicted molar refractivity (Wildman–Crippen MR) is 131 cm³/mol. The summed E-state index contributed by atoms with van der Waals surface area (Å²) in [6.45, 7) is 12.8. The highest BCUT2D eigenvalue weighted by Crippen LogP contribution is 2.44. The minimum Gasteiger partial charge on any atom is -0.418 e. The van der Waals surface area contributed by atoms with Crippen LogP contribution in [0.15, 0.2) is 54.6 Å². The molecule has 0 aromatic heterocycles. The van der Waals surface area contributed by atoms with Gasteiger partial charge in [-0.15, -0.1) is 0 Å². The second-order valence-corrected chi connectivity index (χ2v) is 8.06. The first-order chi connectivity index (χ1) is 15.8. The van der Waals surface area contributed by atoms with Gasteiger partial charge in [0, 0.05) is 18.7 Å². The molecule has 33 heavy (non-hydrogen) atoms. The van der Waals surface area contributed by atoms with Gasteiger partial charge in [-0.3, -0.25) is 0 Å². The van der Waals surface area contributed by atoms with Crippen molar-refractivity contribution in [1.29, 1.82) is 0 Å². The molecule has 172 valence electrons. The molecule has 0 fully saturated rings. The van der Waals surface area contributed by atoms with E-state index in [9.17, 15) is 9.59 Å². The molecule has 0 bridgehead atoms. The topological polar surface area (TPSA) is 55.8 Å². The Morgan fingerprint density at radius 1 is 0.788 bits per heavy atom. The van der Waals surface area contributed by atoms with Crippen LogP contribution in [0.1, 0.15) is 46.5 Å². The van der Waals surface area contributed by atoms with Crippen molar-refractivity contribution < 1.29 is 19.1 Å². The van der Waals surface area contributed by atoms with Gasteiger partial charge >= 0.3 is 12.1 Å². The fourth-order valence-corrected chi connectivity index (χ4v) is 3.75. The van der Waals surface area contributed by atoms with Crippen LogP contribution in [-0.2, 0) is 0 Å². The summed E-state index contributed by atoms with van der Waals surface area (Å²) in [7, 11) is 0. The third-order valence-corrected chi connectivity index (χ3v) is 6.06. The molecule has 3 rings (SSSR count). The van der Waals surface area contributed by atoms with E-state index in [4.69, 9.17) is 9.47 Å². The Bertz CT molecular complexity index is 1160. The number of hydrogen-bond acceptors (Lipinski definition) is 4. The van der Waals surface area contributed by atoms with Crippen LogP contribution in [0.3, 0.4) is 0 Å². The second kappa shape index (κ2) is 10.3. The molecular formula is C28H31NO4. The summed E-state index contributed by atoms with van der Waals surface area (Å²) in [6, 6.07) is 16.6. The van der Waals surface area contributed by atoms with Gasteiger partial charge in [0.05, 0.1) is 5.56 Å². The number of nitrogens with zero attached hydrogens (tertiary/aromatic N) is 1. The van der Waals surface area contributed by atoms with E-state index < -0.39 is 12.1 Å². The predicted octanol–water partition coefficient (Wildman–Crippen LogP) is 6.65. The van der Waals surface area contributed by atoms with E-state index in [1.54, 1.807) is 35.2 Å². The standard InChI is InChI=1S/C28H31NO4/c1-7-29(8-2)28(31)32-24-17-19(4)21(6)25(23-16-12-13-18(3)20(23)5)26(24)33-27(30)22-14-10-9-11-15-22/h9-17H,7-8H2,1-6H3. The molecule has 0 saturated heterocycles. The van der Waals surface area contributed by atoms with Crippen molar-refractivity contribution in [1.82, 2.24) is 4.90 Å². The van der Waals surface area contributed by atoms with Gasteiger partial charge in [-0.05, 0) is 87.6 Å². The monoisotopic (exact) mass is 445 g/mol. The van der Waals surface area contributed by atoms with Gasteiger partial charge in [0.1, 0.15) is 0 Å². The zero-order valence-electron chi connectivity index (χ0n) is 20.2. The van der Waals surface area contributed by atoms with E-state index in [0.29, 0.717) is 18.7 Å². The number of carbonyl (C=O) groups is 2. The highest BCUT2D eigenvalue weighted by atomic mass is 16.6.